The van der Waals surface area contributed by atoms with Gasteiger partial charge in [-0.2, -0.15) is 0 Å². The van der Waals surface area contributed by atoms with Crippen LogP contribution < -0.4 is 30.6 Å². The minimum absolute atomic E-state index is 0.101. The maximum absolute atomic E-state index is 13.2. The Kier molecular flexibility index (Phi) is 21.5. The van der Waals surface area contributed by atoms with Crippen molar-refractivity contribution in [2.45, 2.75) is 137 Å². The van der Waals surface area contributed by atoms with Crippen LogP contribution in [0.5, 0.6) is 0 Å². The van der Waals surface area contributed by atoms with Gasteiger partial charge in [0.2, 0.25) is 11.3 Å². The predicted molar refractivity (Wildman–Crippen MR) is 275 cm³/mol. The Morgan fingerprint density at radius 2 is 1.36 bits per heavy atom. The molecule has 2 aromatic carbocycles. The van der Waals surface area contributed by atoms with E-state index < -0.39 is 118 Å². The molecular formula is C54H74N4O20. The third kappa shape index (κ3) is 14.4. The van der Waals surface area contributed by atoms with Gasteiger partial charge >= 0.3 is 0 Å². The van der Waals surface area contributed by atoms with Gasteiger partial charge in [-0.05, 0) is 48.7 Å². The number of unbranched alkanes of at least 4 members (excludes halogenated alkanes) is 5. The van der Waals surface area contributed by atoms with Crippen LogP contribution in [0.4, 0.5) is 5.69 Å². The summed E-state index contributed by atoms with van der Waals surface area (Å²) < 4.78 is 42.3. The summed E-state index contributed by atoms with van der Waals surface area (Å²) in [6.07, 6.45) is -16.8. The van der Waals surface area contributed by atoms with E-state index >= 15 is 0 Å². The molecule has 5 aliphatic rings. The average molecular weight is 1100 g/mol. The number of carboxylic acid groups (broad SMARTS) is 1. The second-order valence-corrected chi connectivity index (χ2v) is 20.2. The zero-order valence-corrected chi connectivity index (χ0v) is 44.1. The van der Waals surface area contributed by atoms with Crippen molar-refractivity contribution >= 4 is 34.4 Å². The topological polar surface area (TPSA) is 355 Å². The van der Waals surface area contributed by atoms with Crippen LogP contribution in [-0.2, 0) is 33.2 Å². The summed E-state index contributed by atoms with van der Waals surface area (Å²) in [6, 6.07) is 15.8. The molecule has 1 aliphatic carbocycles. The molecule has 24 heteroatoms. The first-order chi connectivity index (χ1) is 37.3. The van der Waals surface area contributed by atoms with Crippen molar-refractivity contribution in [1.29, 1.82) is 0 Å². The van der Waals surface area contributed by atoms with Gasteiger partial charge in [0, 0.05) is 92.1 Å². The number of nitrogens with one attached hydrogen (secondary N) is 2. The van der Waals surface area contributed by atoms with Gasteiger partial charge in [-0.15, -0.1) is 0 Å². The van der Waals surface area contributed by atoms with Gasteiger partial charge in [-0.25, -0.2) is 4.58 Å². The van der Waals surface area contributed by atoms with Gasteiger partial charge < -0.3 is 104 Å². The zero-order valence-electron chi connectivity index (χ0n) is 44.1. The summed E-state index contributed by atoms with van der Waals surface area (Å²) in [6.45, 7) is -1.77. The van der Waals surface area contributed by atoms with Crippen LogP contribution in [0.2, 0.25) is 0 Å². The lowest BCUT2D eigenvalue weighted by Gasteiger charge is -2.47. The number of carbonyl (C=O) groups is 3. The summed E-state index contributed by atoms with van der Waals surface area (Å²) >= 11 is 0. The lowest BCUT2D eigenvalue weighted by molar-refractivity contribution is -0.373. The number of benzene rings is 3. The van der Waals surface area contributed by atoms with Crippen molar-refractivity contribution in [2.75, 3.05) is 72.6 Å². The van der Waals surface area contributed by atoms with Crippen LogP contribution in [0.15, 0.2) is 59.0 Å². The van der Waals surface area contributed by atoms with Gasteiger partial charge in [0.25, 0.3) is 5.91 Å². The maximum Gasteiger partial charge on any atom is 0.251 e. The third-order valence-electron chi connectivity index (χ3n) is 14.3. The van der Waals surface area contributed by atoms with Gasteiger partial charge in [-0.1, -0.05) is 31.7 Å². The van der Waals surface area contributed by atoms with Crippen molar-refractivity contribution in [3.8, 4) is 22.5 Å². The van der Waals surface area contributed by atoms with E-state index in [0.29, 0.717) is 46.3 Å². The Hall–Kier alpha value is -5.26. The first-order valence-electron chi connectivity index (χ1n) is 26.2. The van der Waals surface area contributed by atoms with Gasteiger partial charge in [0.05, 0.1) is 38.0 Å². The maximum atomic E-state index is 13.2. The Morgan fingerprint density at radius 1 is 0.692 bits per heavy atom. The molecule has 0 spiro atoms. The van der Waals surface area contributed by atoms with Crippen LogP contribution >= 0.6 is 0 Å². The van der Waals surface area contributed by atoms with Gasteiger partial charge in [0.1, 0.15) is 86.5 Å². The van der Waals surface area contributed by atoms with Crippen LogP contribution in [-0.4, -0.2) is 217 Å². The molecule has 11 N–H and O–H groups in total. The number of carboxylic acids is 1. The van der Waals surface area contributed by atoms with Crippen LogP contribution in [0.3, 0.4) is 0 Å². The molecule has 4 heterocycles. The van der Waals surface area contributed by atoms with E-state index in [1.54, 1.807) is 12.1 Å². The number of aromatic carboxylic acids is 1. The lowest BCUT2D eigenvalue weighted by atomic mass is 9.89. The molecule has 430 valence electrons. The highest BCUT2D eigenvalue weighted by Crippen LogP contribution is 2.42. The Bertz CT molecular complexity index is 2680. The molecule has 3 saturated heterocycles. The van der Waals surface area contributed by atoms with Crippen molar-refractivity contribution in [2.24, 2.45) is 0 Å². The van der Waals surface area contributed by atoms with Gasteiger partial charge in [-0.3, -0.25) is 9.59 Å². The summed E-state index contributed by atoms with van der Waals surface area (Å²) in [5.41, 5.74) is 3.05. The first kappa shape index (κ1) is 60.4. The minimum Gasteiger partial charge on any atom is -0.545 e. The molecule has 4 aliphatic heterocycles. The fourth-order valence-corrected chi connectivity index (χ4v) is 9.82. The number of hydrogen-bond donors (Lipinski definition) is 11. The summed E-state index contributed by atoms with van der Waals surface area (Å²) in [5, 5.41) is 114. The van der Waals surface area contributed by atoms with E-state index in [4.69, 9.17) is 32.8 Å². The number of amides is 2. The number of aliphatic hydroxyl groups is 9. The second kappa shape index (κ2) is 27.8. The molecule has 2 aromatic rings. The minimum atomic E-state index is -1.82. The fourth-order valence-electron chi connectivity index (χ4n) is 9.82. The summed E-state index contributed by atoms with van der Waals surface area (Å²) in [5.74, 6) is -1.61. The van der Waals surface area contributed by atoms with E-state index in [9.17, 15) is 65.4 Å². The number of aliphatic hydroxyl groups excluding tert-OH is 9. The molecule has 7 rings (SSSR count). The smallest absolute Gasteiger partial charge is 0.251 e. The molecule has 0 saturated carbocycles. The number of rotatable bonds is 24. The average Bonchev–Trinajstić information content (AvgIpc) is 3.62. The molecule has 0 bridgehead atoms. The largest absolute Gasteiger partial charge is 0.545 e. The number of carbonyl (C=O) groups excluding carboxylic acids is 3. The first-order valence-corrected chi connectivity index (χ1v) is 26.2. The Balaban J connectivity index is 0.802. The molecular weight excluding hydrogens is 1020 g/mol. The van der Waals surface area contributed by atoms with E-state index in [2.05, 4.69) is 10.6 Å². The standard InChI is InChI=1S/C54H74N4O20/c1-57(2)29-13-16-32-36(22-29)73-37-23-30(58(3)4)14-17-33(37)43(32)31-15-12-28(21-34(31)52(70)71)51(69)56-19-18-55-41(63)11-9-7-5-6-8-10-20-72-53-47(67)46(66)49(40(27-61)76-53)78-54-48(68)50(45(65)39(26-60)75-54)77-42-24-35(62)44(64)38(25-59)74-42/h12-17,21-23,35,38-40,42,44-50,53-54,59-62,64-68H,5-11,18-20,24-27H2,1-4H3,(H2-,55,56,63,69,70,71)/t35-,38-,39-,40-,42-,44-,45+,46-,47-,48-,49-,50+,53-,54+/m1/s1. The molecule has 2 amide bonds. The highest BCUT2D eigenvalue weighted by molar-refractivity contribution is 6.09. The van der Waals surface area contributed by atoms with Crippen LogP contribution in [0, 0.1) is 0 Å². The van der Waals surface area contributed by atoms with E-state index in [0.717, 1.165) is 36.7 Å². The highest BCUT2D eigenvalue weighted by atomic mass is 16.8. The van der Waals surface area contributed by atoms with E-state index in [-0.39, 0.29) is 49.6 Å². The number of anilines is 1. The van der Waals surface area contributed by atoms with Crippen molar-refractivity contribution < 1.29 is 98.3 Å². The SMILES string of the molecule is CN(C)c1ccc2c(-c3ccc(C(=O)NCCNC(=O)CCCCCCCCO[C@@H]4O[C@H](CO)[C@@H](O[C@@H]5O[C@H](CO)[C@H](O)[C@H](O[C@@H]6C[C@@H](O)[C@@H](O)[C@@H](CO)O6)[C@H]5O)[C@H](O)[C@H]4O)cc3C(=O)[O-])c3ccc(=[N+](C)C)cc-3oc2c1. The normalized spacial score (nSPS) is 28.4. The fraction of sp³-hybridized carbons (Fsp3) is 0.593. The second-order valence-electron chi connectivity index (χ2n) is 20.2. The number of hydrogen-bond acceptors (Lipinski definition) is 21. The van der Waals surface area contributed by atoms with E-state index in [1.807, 2.05) is 74.1 Å². The molecule has 0 radical (unpaired) electrons. The van der Waals surface area contributed by atoms with Crippen LogP contribution in [0.25, 0.3) is 33.4 Å². The molecule has 24 nitrogen and oxygen atoms in total. The Labute approximate surface area is 450 Å². The number of ether oxygens (including phenoxy) is 6. The van der Waals surface area contributed by atoms with Gasteiger partial charge in [0.15, 0.2) is 18.9 Å². The van der Waals surface area contributed by atoms with Crippen molar-refractivity contribution in [3.05, 3.63) is 71.1 Å². The zero-order chi connectivity index (χ0) is 56.4. The summed E-state index contributed by atoms with van der Waals surface area (Å²) in [7, 11) is 7.65. The summed E-state index contributed by atoms with van der Waals surface area (Å²) in [4.78, 5) is 40.5. The van der Waals surface area contributed by atoms with Crippen molar-refractivity contribution in [3.63, 3.8) is 0 Å². The van der Waals surface area contributed by atoms with Crippen molar-refractivity contribution in [1.82, 2.24) is 15.2 Å². The third-order valence-corrected chi connectivity index (χ3v) is 14.3. The molecule has 0 unspecified atom stereocenters. The van der Waals surface area contributed by atoms with E-state index in [1.165, 1.54) is 6.07 Å². The molecule has 78 heavy (non-hydrogen) atoms. The Morgan fingerprint density at radius 3 is 2.05 bits per heavy atom. The monoisotopic (exact) mass is 1100 g/mol. The molecule has 3 fully saturated rings. The number of fused-ring (bicyclic) bond motifs is 2. The van der Waals surface area contributed by atoms with Crippen LogP contribution in [0.1, 0.15) is 72.1 Å². The quantitative estimate of drug-likeness (QED) is 0.0200. The highest BCUT2D eigenvalue weighted by Gasteiger charge is 2.52. The number of nitrogens with zero attached hydrogens (tertiary/aromatic N) is 2. The molecule has 14 atom stereocenters. The predicted octanol–water partition coefficient (Wildman–Crippen LogP) is -2.26. The molecule has 0 aromatic heterocycles. The lowest BCUT2D eigenvalue weighted by Crippen LogP contribution is -2.65.